The van der Waals surface area contributed by atoms with Gasteiger partial charge in [0, 0.05) is 40.7 Å². The molecule has 0 N–H and O–H groups in total. The van der Waals surface area contributed by atoms with Crippen molar-refractivity contribution in [2.45, 2.75) is 58.2 Å². The summed E-state index contributed by atoms with van der Waals surface area (Å²) in [6.07, 6.45) is 0.514. The maximum absolute atomic E-state index is 15.9. The van der Waals surface area contributed by atoms with E-state index in [1.54, 1.807) is 39.0 Å². The zero-order valence-electron chi connectivity index (χ0n) is 27.7. The fourth-order valence-electron chi connectivity index (χ4n) is 6.62. The van der Waals surface area contributed by atoms with Gasteiger partial charge in [-0.05, 0) is 86.7 Å². The van der Waals surface area contributed by atoms with Crippen molar-refractivity contribution in [1.29, 1.82) is 5.26 Å². The molecule has 5 aromatic rings. The molecule has 0 saturated carbocycles. The van der Waals surface area contributed by atoms with Gasteiger partial charge in [-0.3, -0.25) is 0 Å². The van der Waals surface area contributed by atoms with Crippen LogP contribution in [0.1, 0.15) is 66.0 Å². The maximum atomic E-state index is 15.9. The van der Waals surface area contributed by atoms with Crippen LogP contribution in [0.25, 0.3) is 22.2 Å². The van der Waals surface area contributed by atoms with Crippen LogP contribution >= 0.6 is 0 Å². The Morgan fingerprint density at radius 2 is 1.80 bits per heavy atom. The number of hydrogen-bond donors (Lipinski definition) is 0. The van der Waals surface area contributed by atoms with Gasteiger partial charge in [0.05, 0.1) is 42.1 Å². The largest absolute Gasteiger partial charge is 0.473 e. The predicted molar refractivity (Wildman–Crippen MR) is 178 cm³/mol. The Morgan fingerprint density at radius 3 is 2.58 bits per heavy atom. The van der Waals surface area contributed by atoms with Gasteiger partial charge in [-0.2, -0.15) is 5.26 Å². The topological polar surface area (TPSA) is 95.6 Å². The first-order valence-electron chi connectivity index (χ1n) is 16.3. The number of carbonyl (C=O) groups is 1. The number of nitrogens with zero attached hydrogens (tertiary/aromatic N) is 3. The molecule has 50 heavy (non-hydrogen) atoms. The average molecular weight is 682 g/mol. The third kappa shape index (κ3) is 6.69. The Morgan fingerprint density at radius 1 is 0.980 bits per heavy atom. The molecule has 0 radical (unpaired) electrons. The van der Waals surface area contributed by atoms with Gasteiger partial charge in [-0.1, -0.05) is 18.2 Å². The van der Waals surface area contributed by atoms with E-state index in [4.69, 9.17) is 24.2 Å². The van der Waals surface area contributed by atoms with Crippen molar-refractivity contribution in [2.75, 3.05) is 13.2 Å². The van der Waals surface area contributed by atoms with Crippen LogP contribution < -0.4 is 4.74 Å². The smallest absolute Gasteiger partial charge is 0.338 e. The van der Waals surface area contributed by atoms with Gasteiger partial charge in [0.15, 0.2) is 6.29 Å². The van der Waals surface area contributed by atoms with E-state index in [0.29, 0.717) is 18.8 Å². The summed E-state index contributed by atoms with van der Waals surface area (Å²) in [5, 5.41) is 9.81. The van der Waals surface area contributed by atoms with E-state index in [0.717, 1.165) is 35.2 Å². The summed E-state index contributed by atoms with van der Waals surface area (Å²) in [6.45, 7) is 6.19. The Bertz CT molecular complexity index is 2150. The highest BCUT2D eigenvalue weighted by atomic mass is 19.1. The normalized spacial score (nSPS) is 18.6. The molecule has 256 valence electrons. The summed E-state index contributed by atoms with van der Waals surface area (Å²) in [4.78, 5) is 17.3. The second-order valence-corrected chi connectivity index (χ2v) is 13.5. The van der Waals surface area contributed by atoms with Gasteiger partial charge in [-0.15, -0.1) is 0 Å². The average Bonchev–Trinajstić information content (AvgIpc) is 3.80. The number of rotatable bonds is 8. The Balaban J connectivity index is 1.18. The Labute approximate surface area is 287 Å². The SMILES string of the molecule is CC(C)(C)OC(=O)c1ccc2cc(Cc3cc(F)c(-c4cccc(OCc5ccc(C#N)cc5F)n4)cc3F)n(C3CO[C@H]4OCC[C@@H]34)c2c1. The molecule has 0 bridgehead atoms. The van der Waals surface area contributed by atoms with Crippen LogP contribution in [0.3, 0.4) is 0 Å². The second kappa shape index (κ2) is 13.3. The standard InChI is InChI=1S/C39H34F3N3O5/c1-39(2,3)50-37(46)24-10-9-23-14-27(45(34(23)17-24)35-21-49-38-28(35)11-12-47-38)15-26-16-32(42)29(18-31(26)41)33-5-4-6-36(44-33)48-20-25-8-7-22(19-43)13-30(25)40/h4-10,13-14,16-18,28,35,38H,11-12,15,20-21H2,1-3H3/t28-,35?,38+/m0/s1. The van der Waals surface area contributed by atoms with Crippen LogP contribution in [-0.4, -0.2) is 40.6 Å². The van der Waals surface area contributed by atoms with Crippen LogP contribution in [0.4, 0.5) is 13.2 Å². The quantitative estimate of drug-likeness (QED) is 0.153. The number of ether oxygens (including phenoxy) is 4. The fraction of sp³-hybridized carbons (Fsp3) is 0.308. The number of esters is 1. The van der Waals surface area contributed by atoms with E-state index in [-0.39, 0.29) is 65.1 Å². The molecule has 2 aliphatic rings. The van der Waals surface area contributed by atoms with Crippen molar-refractivity contribution in [2.24, 2.45) is 5.92 Å². The molecule has 11 heteroatoms. The first-order valence-corrected chi connectivity index (χ1v) is 16.3. The monoisotopic (exact) mass is 681 g/mol. The molecular formula is C39H34F3N3O5. The summed E-state index contributed by atoms with van der Waals surface area (Å²) in [5.41, 5.74) is 1.85. The highest BCUT2D eigenvalue weighted by Crippen LogP contribution is 2.42. The number of carbonyl (C=O) groups excluding carboxylic acids is 1. The minimum Gasteiger partial charge on any atom is -0.473 e. The van der Waals surface area contributed by atoms with Crippen molar-refractivity contribution in [1.82, 2.24) is 9.55 Å². The number of benzene rings is 3. The lowest BCUT2D eigenvalue weighted by Gasteiger charge is -2.22. The minimum absolute atomic E-state index is 0.0565. The maximum Gasteiger partial charge on any atom is 0.338 e. The van der Waals surface area contributed by atoms with Crippen LogP contribution in [0.5, 0.6) is 5.88 Å². The van der Waals surface area contributed by atoms with E-state index in [1.807, 2.05) is 18.2 Å². The number of halogens is 3. The molecular weight excluding hydrogens is 647 g/mol. The number of pyridine rings is 1. The van der Waals surface area contributed by atoms with E-state index >= 15 is 8.78 Å². The first-order chi connectivity index (χ1) is 24.0. The first kappa shape index (κ1) is 33.3. The number of fused-ring (bicyclic) bond motifs is 2. The molecule has 3 atom stereocenters. The van der Waals surface area contributed by atoms with Gasteiger partial charge in [-0.25, -0.2) is 22.9 Å². The minimum atomic E-state index is -0.674. The van der Waals surface area contributed by atoms with E-state index in [1.165, 1.54) is 30.3 Å². The molecule has 2 aromatic heterocycles. The van der Waals surface area contributed by atoms with E-state index < -0.39 is 29.0 Å². The number of nitriles is 1. The van der Waals surface area contributed by atoms with Crippen LogP contribution in [0.15, 0.2) is 72.8 Å². The zero-order chi connectivity index (χ0) is 35.2. The van der Waals surface area contributed by atoms with Gasteiger partial charge in [0.25, 0.3) is 0 Å². The highest BCUT2D eigenvalue weighted by molar-refractivity contribution is 5.95. The molecule has 0 amide bonds. The highest BCUT2D eigenvalue weighted by Gasteiger charge is 2.43. The van der Waals surface area contributed by atoms with Gasteiger partial charge in [0.1, 0.15) is 29.7 Å². The number of hydrogen-bond acceptors (Lipinski definition) is 7. The van der Waals surface area contributed by atoms with Gasteiger partial charge < -0.3 is 23.5 Å². The summed E-state index contributed by atoms with van der Waals surface area (Å²) in [6, 6.07) is 20.0. The fourth-order valence-corrected chi connectivity index (χ4v) is 6.62. The van der Waals surface area contributed by atoms with Crippen LogP contribution in [-0.2, 0) is 27.2 Å². The molecule has 3 aromatic carbocycles. The van der Waals surface area contributed by atoms with Gasteiger partial charge in [0.2, 0.25) is 5.88 Å². The summed E-state index contributed by atoms with van der Waals surface area (Å²) < 4.78 is 71.1. The molecule has 2 saturated heterocycles. The lowest BCUT2D eigenvalue weighted by Crippen LogP contribution is -2.24. The van der Waals surface area contributed by atoms with Crippen molar-refractivity contribution < 1.29 is 36.9 Å². The lowest BCUT2D eigenvalue weighted by molar-refractivity contribution is -0.0905. The summed E-state index contributed by atoms with van der Waals surface area (Å²) in [5.74, 6) is -2.18. The molecule has 2 aliphatic heterocycles. The predicted octanol–water partition coefficient (Wildman–Crippen LogP) is 8.05. The van der Waals surface area contributed by atoms with Crippen molar-refractivity contribution in [3.05, 3.63) is 118 Å². The van der Waals surface area contributed by atoms with E-state index in [9.17, 15) is 9.18 Å². The van der Waals surface area contributed by atoms with Crippen molar-refractivity contribution >= 4 is 16.9 Å². The molecule has 2 fully saturated rings. The molecule has 0 aliphatic carbocycles. The Kier molecular flexibility index (Phi) is 8.84. The summed E-state index contributed by atoms with van der Waals surface area (Å²) in [7, 11) is 0. The van der Waals surface area contributed by atoms with Crippen LogP contribution in [0.2, 0.25) is 0 Å². The molecule has 0 spiro atoms. The third-order valence-electron chi connectivity index (χ3n) is 8.96. The van der Waals surface area contributed by atoms with E-state index in [2.05, 4.69) is 9.55 Å². The zero-order valence-corrected chi connectivity index (χ0v) is 27.7. The molecule has 8 nitrogen and oxygen atoms in total. The van der Waals surface area contributed by atoms with Gasteiger partial charge >= 0.3 is 5.97 Å². The van der Waals surface area contributed by atoms with Crippen molar-refractivity contribution in [3.8, 4) is 23.2 Å². The summed E-state index contributed by atoms with van der Waals surface area (Å²) >= 11 is 0. The van der Waals surface area contributed by atoms with Crippen LogP contribution in [0, 0.1) is 34.7 Å². The number of aromatic nitrogens is 2. The third-order valence-corrected chi connectivity index (χ3v) is 8.96. The molecule has 7 rings (SSSR count). The Hall–Kier alpha value is -5.18. The van der Waals surface area contributed by atoms with Crippen molar-refractivity contribution in [3.63, 3.8) is 0 Å². The lowest BCUT2D eigenvalue weighted by atomic mass is 9.99. The molecule has 4 heterocycles. The second-order valence-electron chi connectivity index (χ2n) is 13.5. The molecule has 1 unspecified atom stereocenters.